The lowest BCUT2D eigenvalue weighted by atomic mass is 10.8. The summed E-state index contributed by atoms with van der Waals surface area (Å²) >= 11 is 0. The average molecular weight is 209 g/mol. The van der Waals surface area contributed by atoms with E-state index in [1.807, 2.05) is 0 Å². The molecule has 0 aromatic carbocycles. The van der Waals surface area contributed by atoms with E-state index in [0.717, 1.165) is 6.04 Å². The Labute approximate surface area is 76.6 Å². The molecule has 0 bridgehead atoms. The van der Waals surface area contributed by atoms with E-state index < -0.39 is 18.1 Å². The monoisotopic (exact) mass is 209 g/mol. The highest BCUT2D eigenvalue weighted by molar-refractivity contribution is 7.89. The number of hydrogen-bond donors (Lipinski definition) is 1. The quantitative estimate of drug-likeness (QED) is 0.693. The lowest BCUT2D eigenvalue weighted by Gasteiger charge is -2.15. The zero-order valence-electron chi connectivity index (χ0n) is 8.35. The standard InChI is InChI=1S/C7H19NO2SSi/c1-5-11(9,10)8-6-7-12(2,3)4/h8H,5-7H2,1-4H3. The second-order valence-electron chi connectivity index (χ2n) is 4.11. The van der Waals surface area contributed by atoms with Crippen LogP contribution >= 0.6 is 0 Å². The Kier molecular flexibility index (Phi) is 4.43. The van der Waals surface area contributed by atoms with Gasteiger partial charge in [0.2, 0.25) is 10.0 Å². The van der Waals surface area contributed by atoms with Gasteiger partial charge in [0, 0.05) is 14.6 Å². The molecule has 5 heteroatoms. The fourth-order valence-electron chi connectivity index (χ4n) is 0.684. The Balaban J connectivity index is 3.73. The van der Waals surface area contributed by atoms with E-state index in [1.165, 1.54) is 0 Å². The first kappa shape index (κ1) is 12.1. The van der Waals surface area contributed by atoms with Crippen LogP contribution in [0.5, 0.6) is 0 Å². The van der Waals surface area contributed by atoms with Crippen molar-refractivity contribution < 1.29 is 8.42 Å². The maximum atomic E-state index is 11.0. The maximum Gasteiger partial charge on any atom is 0.211 e. The summed E-state index contributed by atoms with van der Waals surface area (Å²) < 4.78 is 24.6. The summed E-state index contributed by atoms with van der Waals surface area (Å²) in [5, 5.41) is 0. The Hall–Kier alpha value is 0.127. The number of sulfonamides is 1. The first-order chi connectivity index (χ1) is 5.27. The van der Waals surface area contributed by atoms with Crippen LogP contribution in [0.25, 0.3) is 0 Å². The van der Waals surface area contributed by atoms with E-state index in [2.05, 4.69) is 24.4 Å². The normalized spacial score (nSPS) is 13.3. The highest BCUT2D eigenvalue weighted by atomic mass is 32.2. The largest absolute Gasteiger partial charge is 0.216 e. The number of hydrogen-bond acceptors (Lipinski definition) is 2. The summed E-state index contributed by atoms with van der Waals surface area (Å²) in [7, 11) is -4.07. The molecule has 0 atom stereocenters. The van der Waals surface area contributed by atoms with Crippen molar-refractivity contribution in [1.82, 2.24) is 4.72 Å². The second-order valence-corrected chi connectivity index (χ2v) is 11.8. The molecule has 0 saturated heterocycles. The summed E-state index contributed by atoms with van der Waals surface area (Å²) in [5.41, 5.74) is 0. The minimum Gasteiger partial charge on any atom is -0.216 e. The summed E-state index contributed by atoms with van der Waals surface area (Å²) in [5.74, 6) is 0.179. The third-order valence-electron chi connectivity index (χ3n) is 1.58. The van der Waals surface area contributed by atoms with Crippen LogP contribution in [0.2, 0.25) is 25.7 Å². The van der Waals surface area contributed by atoms with Crippen molar-refractivity contribution in [3.63, 3.8) is 0 Å². The van der Waals surface area contributed by atoms with Crippen LogP contribution in [-0.4, -0.2) is 28.8 Å². The van der Waals surface area contributed by atoms with Crippen molar-refractivity contribution in [2.24, 2.45) is 0 Å². The lowest BCUT2D eigenvalue weighted by molar-refractivity contribution is 0.585. The minimum absolute atomic E-state index is 0.179. The van der Waals surface area contributed by atoms with Crippen molar-refractivity contribution >= 4 is 18.1 Å². The zero-order chi connectivity index (χ0) is 9.83. The summed E-state index contributed by atoms with van der Waals surface area (Å²) in [4.78, 5) is 0. The molecule has 0 saturated carbocycles. The molecule has 0 radical (unpaired) electrons. The Bertz CT molecular complexity index is 218. The van der Waals surface area contributed by atoms with Crippen molar-refractivity contribution in [1.29, 1.82) is 0 Å². The van der Waals surface area contributed by atoms with E-state index in [0.29, 0.717) is 6.54 Å². The lowest BCUT2D eigenvalue weighted by Crippen LogP contribution is -2.31. The van der Waals surface area contributed by atoms with Gasteiger partial charge in [0.25, 0.3) is 0 Å². The van der Waals surface area contributed by atoms with E-state index in [9.17, 15) is 8.42 Å². The highest BCUT2D eigenvalue weighted by Gasteiger charge is 2.13. The molecule has 3 nitrogen and oxygen atoms in total. The molecule has 0 aromatic heterocycles. The molecule has 0 aliphatic heterocycles. The maximum absolute atomic E-state index is 11.0. The third-order valence-corrected chi connectivity index (χ3v) is 4.73. The molecule has 0 aromatic rings. The van der Waals surface area contributed by atoms with Gasteiger partial charge in [-0.2, -0.15) is 0 Å². The minimum atomic E-state index is -2.97. The summed E-state index contributed by atoms with van der Waals surface area (Å²) in [6.07, 6.45) is 0. The van der Waals surface area contributed by atoms with Gasteiger partial charge in [-0.05, 0) is 13.0 Å². The predicted octanol–water partition coefficient (Wildman–Crippen LogP) is 1.26. The average Bonchev–Trinajstić information content (AvgIpc) is 1.84. The van der Waals surface area contributed by atoms with Gasteiger partial charge in [-0.25, -0.2) is 13.1 Å². The van der Waals surface area contributed by atoms with Crippen molar-refractivity contribution in [2.45, 2.75) is 32.6 Å². The molecule has 0 rings (SSSR count). The third kappa shape index (κ3) is 6.81. The van der Waals surface area contributed by atoms with Crippen LogP contribution in [0.4, 0.5) is 0 Å². The van der Waals surface area contributed by atoms with Crippen molar-refractivity contribution in [2.75, 3.05) is 12.3 Å². The topological polar surface area (TPSA) is 46.2 Å². The van der Waals surface area contributed by atoms with Crippen molar-refractivity contribution in [3.05, 3.63) is 0 Å². The predicted molar refractivity (Wildman–Crippen MR) is 55.6 cm³/mol. The van der Waals surface area contributed by atoms with Gasteiger partial charge in [0.1, 0.15) is 0 Å². The van der Waals surface area contributed by atoms with Crippen LogP contribution in [0.3, 0.4) is 0 Å². The van der Waals surface area contributed by atoms with E-state index in [1.54, 1.807) is 6.92 Å². The van der Waals surface area contributed by atoms with Crippen molar-refractivity contribution in [3.8, 4) is 0 Å². The van der Waals surface area contributed by atoms with Gasteiger partial charge in [-0.3, -0.25) is 0 Å². The first-order valence-electron chi connectivity index (χ1n) is 4.24. The fraction of sp³-hybridized carbons (Fsp3) is 1.00. The molecule has 0 fully saturated rings. The van der Waals surface area contributed by atoms with E-state index in [4.69, 9.17) is 0 Å². The molecule has 74 valence electrons. The van der Waals surface area contributed by atoms with Gasteiger partial charge >= 0.3 is 0 Å². The molecule has 0 aliphatic carbocycles. The van der Waals surface area contributed by atoms with Crippen LogP contribution in [0, 0.1) is 0 Å². The van der Waals surface area contributed by atoms with Gasteiger partial charge < -0.3 is 0 Å². The molecule has 0 aliphatic rings. The molecular weight excluding hydrogens is 190 g/mol. The Morgan fingerprint density at radius 3 is 2.08 bits per heavy atom. The van der Waals surface area contributed by atoms with E-state index >= 15 is 0 Å². The smallest absolute Gasteiger partial charge is 0.211 e. The molecule has 0 unspecified atom stereocenters. The molecular formula is C7H19NO2SSi. The van der Waals surface area contributed by atoms with E-state index in [-0.39, 0.29) is 5.75 Å². The highest BCUT2D eigenvalue weighted by Crippen LogP contribution is 2.06. The summed E-state index contributed by atoms with van der Waals surface area (Å²) in [6, 6.07) is 1.01. The van der Waals surface area contributed by atoms with Gasteiger partial charge in [-0.15, -0.1) is 0 Å². The number of rotatable bonds is 5. The van der Waals surface area contributed by atoms with Crippen LogP contribution in [-0.2, 0) is 10.0 Å². The molecule has 0 spiro atoms. The van der Waals surface area contributed by atoms with Gasteiger partial charge in [0.05, 0.1) is 5.75 Å². The van der Waals surface area contributed by atoms with Gasteiger partial charge in [0.15, 0.2) is 0 Å². The fourth-order valence-corrected chi connectivity index (χ4v) is 2.36. The van der Waals surface area contributed by atoms with Crippen LogP contribution in [0.15, 0.2) is 0 Å². The molecule has 0 heterocycles. The Morgan fingerprint density at radius 1 is 1.25 bits per heavy atom. The molecule has 12 heavy (non-hydrogen) atoms. The van der Waals surface area contributed by atoms with Crippen LogP contribution < -0.4 is 4.72 Å². The molecule has 1 N–H and O–H groups in total. The zero-order valence-corrected chi connectivity index (χ0v) is 10.2. The second kappa shape index (κ2) is 4.39. The van der Waals surface area contributed by atoms with Gasteiger partial charge in [-0.1, -0.05) is 19.6 Å². The summed E-state index contributed by atoms with van der Waals surface area (Å²) in [6.45, 7) is 8.94. The van der Waals surface area contributed by atoms with Crippen LogP contribution in [0.1, 0.15) is 6.92 Å². The first-order valence-corrected chi connectivity index (χ1v) is 9.60. The SMILES string of the molecule is CCS(=O)(=O)NCC[Si](C)(C)C. The number of nitrogens with one attached hydrogen (secondary N) is 1. The molecule has 0 amide bonds. The Morgan fingerprint density at radius 2 is 1.75 bits per heavy atom.